The summed E-state index contributed by atoms with van der Waals surface area (Å²) in [6.07, 6.45) is -2.10. The molecular formula is C40H46N2O7. The molecule has 0 saturated carbocycles. The van der Waals surface area contributed by atoms with E-state index in [0.717, 1.165) is 38.9 Å². The number of carbonyl (C=O) groups excluding carboxylic acids is 1. The van der Waals surface area contributed by atoms with E-state index in [9.17, 15) is 19.8 Å². The minimum Gasteiger partial charge on any atom is -0.481 e. The summed E-state index contributed by atoms with van der Waals surface area (Å²) in [4.78, 5) is 25.0. The fraction of sp³-hybridized carbons (Fsp3) is 0.350. The molecule has 1 aliphatic heterocycles. The predicted octanol–water partition coefficient (Wildman–Crippen LogP) is 6.17. The summed E-state index contributed by atoms with van der Waals surface area (Å²) in [7, 11) is 2.00. The van der Waals surface area contributed by atoms with E-state index in [1.165, 1.54) is 0 Å². The molecule has 0 bridgehead atoms. The van der Waals surface area contributed by atoms with Crippen LogP contribution in [0.5, 0.6) is 0 Å². The fourth-order valence-electron chi connectivity index (χ4n) is 6.18. The van der Waals surface area contributed by atoms with E-state index >= 15 is 0 Å². The van der Waals surface area contributed by atoms with Crippen molar-refractivity contribution in [2.24, 2.45) is 5.92 Å². The Kier molecular flexibility index (Phi) is 12.3. The zero-order valence-electron chi connectivity index (χ0n) is 28.2. The normalized spacial score (nSPS) is 20.4. The van der Waals surface area contributed by atoms with Crippen LogP contribution in [0, 0.1) is 5.92 Å². The molecule has 1 heterocycles. The molecule has 0 unspecified atom stereocenters. The number of amides is 1. The van der Waals surface area contributed by atoms with Gasteiger partial charge < -0.3 is 30.1 Å². The van der Waals surface area contributed by atoms with Gasteiger partial charge >= 0.3 is 5.97 Å². The number of carboxylic acid groups (broad SMARTS) is 1. The summed E-state index contributed by atoms with van der Waals surface area (Å²) in [5.41, 5.74) is 6.36. The largest absolute Gasteiger partial charge is 0.481 e. The van der Waals surface area contributed by atoms with E-state index in [-0.39, 0.29) is 49.5 Å². The number of nitrogens with zero attached hydrogens (tertiary/aromatic N) is 1. The van der Waals surface area contributed by atoms with Gasteiger partial charge in [0, 0.05) is 37.0 Å². The molecule has 1 saturated heterocycles. The van der Waals surface area contributed by atoms with Crippen LogP contribution < -0.4 is 5.32 Å². The van der Waals surface area contributed by atoms with Gasteiger partial charge in [0.15, 0.2) is 6.29 Å². The van der Waals surface area contributed by atoms with Gasteiger partial charge in [0.25, 0.3) is 0 Å². The van der Waals surface area contributed by atoms with Crippen LogP contribution in [-0.2, 0) is 32.2 Å². The van der Waals surface area contributed by atoms with Gasteiger partial charge in [0.1, 0.15) is 0 Å². The predicted molar refractivity (Wildman–Crippen MR) is 187 cm³/mol. The van der Waals surface area contributed by atoms with Gasteiger partial charge in [-0.2, -0.15) is 0 Å². The molecule has 9 nitrogen and oxygen atoms in total. The van der Waals surface area contributed by atoms with Crippen molar-refractivity contribution in [3.05, 3.63) is 131 Å². The lowest BCUT2D eigenvalue weighted by atomic mass is 9.89. The zero-order chi connectivity index (χ0) is 34.9. The number of hydrogen-bond acceptors (Lipinski definition) is 7. The highest BCUT2D eigenvalue weighted by Crippen LogP contribution is 2.42. The van der Waals surface area contributed by atoms with E-state index in [2.05, 4.69) is 23.2 Å². The Morgan fingerprint density at radius 3 is 2.22 bits per heavy atom. The van der Waals surface area contributed by atoms with Crippen molar-refractivity contribution >= 4 is 11.9 Å². The van der Waals surface area contributed by atoms with E-state index < -0.39 is 18.4 Å². The highest BCUT2D eigenvalue weighted by molar-refractivity contribution is 5.80. The Balaban J connectivity index is 1.37. The summed E-state index contributed by atoms with van der Waals surface area (Å²) < 4.78 is 13.4. The van der Waals surface area contributed by atoms with Crippen LogP contribution in [0.25, 0.3) is 11.1 Å². The van der Waals surface area contributed by atoms with E-state index in [0.29, 0.717) is 13.1 Å². The van der Waals surface area contributed by atoms with Crippen LogP contribution >= 0.6 is 0 Å². The second-order valence-corrected chi connectivity index (χ2v) is 12.9. The number of ether oxygens (including phenoxy) is 2. The monoisotopic (exact) mass is 666 g/mol. The Hall–Kier alpha value is -4.38. The van der Waals surface area contributed by atoms with Gasteiger partial charge in [-0.25, -0.2) is 0 Å². The van der Waals surface area contributed by atoms with E-state index in [1.807, 2.05) is 111 Å². The molecule has 4 aromatic rings. The molecule has 0 radical (unpaired) electrons. The molecule has 1 amide bonds. The minimum absolute atomic E-state index is 0.0229. The molecule has 1 aliphatic rings. The topological polar surface area (TPSA) is 129 Å². The third-order valence-corrected chi connectivity index (χ3v) is 9.36. The van der Waals surface area contributed by atoms with Crippen LogP contribution in [-0.4, -0.2) is 57.8 Å². The van der Waals surface area contributed by atoms with Gasteiger partial charge in [0.2, 0.25) is 5.91 Å². The first-order valence-electron chi connectivity index (χ1n) is 16.7. The fourth-order valence-corrected chi connectivity index (χ4v) is 6.18. The standard InChI is InChI=1S/C40H46N2O7/c1-26-35(24-42(3)27(2)38(47)30-10-5-4-6-11-30)48-40(49-39(26)31-17-15-28(25-43)16-18-31)34-14-8-13-33(22-34)32-12-7-9-29(21-32)23-41-36(44)19-20-37(45)46/h4-18,21-22,26-27,35,38-40,43,47H,19-20,23-25H2,1-3H3,(H,41,44)(H,45,46)/t26-,27-,35+,38-,39+,40+/m1/s1. The summed E-state index contributed by atoms with van der Waals surface area (Å²) in [5.74, 6) is -1.33. The number of likely N-dealkylation sites (N-methyl/N-ethyl adjacent to an activating group) is 1. The molecule has 5 rings (SSSR count). The van der Waals surface area contributed by atoms with Crippen molar-refractivity contribution in [1.82, 2.24) is 10.2 Å². The molecular weight excluding hydrogens is 620 g/mol. The van der Waals surface area contributed by atoms with E-state index in [1.54, 1.807) is 0 Å². The van der Waals surface area contributed by atoms with Gasteiger partial charge in [0.05, 0.1) is 31.3 Å². The highest BCUT2D eigenvalue weighted by Gasteiger charge is 2.39. The molecule has 0 aromatic heterocycles. The Morgan fingerprint density at radius 1 is 0.837 bits per heavy atom. The molecule has 6 atom stereocenters. The first-order chi connectivity index (χ1) is 23.6. The molecule has 0 spiro atoms. The number of hydrogen-bond donors (Lipinski definition) is 4. The average molecular weight is 667 g/mol. The van der Waals surface area contributed by atoms with Gasteiger partial charge in [-0.3, -0.25) is 14.5 Å². The van der Waals surface area contributed by atoms with Gasteiger partial charge in [-0.05, 0) is 59.5 Å². The number of aliphatic hydroxyl groups excluding tert-OH is 2. The maximum absolute atomic E-state index is 12.1. The highest BCUT2D eigenvalue weighted by atomic mass is 16.7. The molecule has 0 aliphatic carbocycles. The summed E-state index contributed by atoms with van der Waals surface area (Å²) in [6, 6.07) is 33.2. The summed E-state index contributed by atoms with van der Waals surface area (Å²) in [6.45, 7) is 4.97. The van der Waals surface area contributed by atoms with Crippen LogP contribution in [0.2, 0.25) is 0 Å². The quantitative estimate of drug-likeness (QED) is 0.126. The second-order valence-electron chi connectivity index (χ2n) is 12.9. The SMILES string of the molecule is C[C@@H]1[C@H](CN(C)[C@H](C)[C@@H](O)c2ccccc2)O[C@H](c2cccc(-c3cccc(CNC(=O)CCC(=O)O)c3)c2)O[C@@H]1c1ccc(CO)cc1. The molecule has 1 fully saturated rings. The minimum atomic E-state index is -1.00. The molecule has 4 aromatic carbocycles. The van der Waals surface area contributed by atoms with E-state index in [4.69, 9.17) is 14.6 Å². The number of nitrogens with one attached hydrogen (secondary N) is 1. The van der Waals surface area contributed by atoms with Crippen molar-refractivity contribution in [1.29, 1.82) is 0 Å². The van der Waals surface area contributed by atoms with Gasteiger partial charge in [-0.1, -0.05) is 97.9 Å². The maximum Gasteiger partial charge on any atom is 0.303 e. The Labute approximate surface area is 288 Å². The van der Waals surface area contributed by atoms with Crippen molar-refractivity contribution in [2.75, 3.05) is 13.6 Å². The molecule has 49 heavy (non-hydrogen) atoms. The number of rotatable bonds is 14. The first-order valence-corrected chi connectivity index (χ1v) is 16.7. The lowest BCUT2D eigenvalue weighted by Crippen LogP contribution is -2.46. The van der Waals surface area contributed by atoms with Crippen LogP contribution in [0.15, 0.2) is 103 Å². The van der Waals surface area contributed by atoms with Crippen molar-refractivity contribution < 1.29 is 34.4 Å². The number of carboxylic acids is 1. The third-order valence-electron chi connectivity index (χ3n) is 9.36. The number of benzene rings is 4. The van der Waals surface area contributed by atoms with Crippen molar-refractivity contribution in [3.63, 3.8) is 0 Å². The van der Waals surface area contributed by atoms with Gasteiger partial charge in [-0.15, -0.1) is 0 Å². The Bertz CT molecular complexity index is 1680. The number of aliphatic carboxylic acids is 1. The lowest BCUT2D eigenvalue weighted by molar-refractivity contribution is -0.276. The summed E-state index contributed by atoms with van der Waals surface area (Å²) in [5, 5.41) is 32.4. The lowest BCUT2D eigenvalue weighted by Gasteiger charge is -2.43. The molecule has 258 valence electrons. The second kappa shape index (κ2) is 16.8. The zero-order valence-corrected chi connectivity index (χ0v) is 28.2. The van der Waals surface area contributed by atoms with Crippen molar-refractivity contribution in [3.8, 4) is 11.1 Å². The molecule has 9 heteroatoms. The first kappa shape index (κ1) is 35.9. The molecule has 4 N–H and O–H groups in total. The van der Waals surface area contributed by atoms with Crippen LogP contribution in [0.3, 0.4) is 0 Å². The average Bonchev–Trinajstić information content (AvgIpc) is 3.13. The Morgan fingerprint density at radius 2 is 1.53 bits per heavy atom. The number of aliphatic hydroxyl groups is 2. The third kappa shape index (κ3) is 9.41. The van der Waals surface area contributed by atoms with Crippen LogP contribution in [0.4, 0.5) is 0 Å². The smallest absolute Gasteiger partial charge is 0.303 e. The van der Waals surface area contributed by atoms with Crippen molar-refractivity contribution in [2.45, 2.75) is 70.5 Å². The maximum atomic E-state index is 12.1. The number of carbonyl (C=O) groups is 2. The summed E-state index contributed by atoms with van der Waals surface area (Å²) >= 11 is 0. The van der Waals surface area contributed by atoms with Crippen LogP contribution in [0.1, 0.15) is 73.0 Å².